The number of hydrogen-bond acceptors (Lipinski definition) is 5. The van der Waals surface area contributed by atoms with Gasteiger partial charge in [-0.05, 0) is 44.0 Å². The van der Waals surface area contributed by atoms with E-state index in [1.54, 1.807) is 24.3 Å². The number of fused-ring (bicyclic) bond motifs is 1. The predicted molar refractivity (Wildman–Crippen MR) is 98.9 cm³/mol. The monoisotopic (exact) mass is 367 g/mol. The van der Waals surface area contributed by atoms with Crippen molar-refractivity contribution >= 4 is 17.8 Å². The Kier molecular flexibility index (Phi) is 5.26. The molecule has 2 aromatic carbocycles. The molecule has 6 heteroatoms. The summed E-state index contributed by atoms with van der Waals surface area (Å²) in [6.45, 7) is 5.55. The van der Waals surface area contributed by atoms with Crippen LogP contribution in [0.5, 0.6) is 5.75 Å². The SMILES string of the molecule is Cc1cc(C)c(OCC(=O)OCCN2C(=O)c3ccccc3C2=O)c(C)c1. The molecule has 2 amide bonds. The van der Waals surface area contributed by atoms with Gasteiger partial charge in [0.2, 0.25) is 0 Å². The van der Waals surface area contributed by atoms with Crippen LogP contribution in [0, 0.1) is 20.8 Å². The fraction of sp³-hybridized carbons (Fsp3) is 0.286. The van der Waals surface area contributed by atoms with Crippen molar-refractivity contribution in [2.24, 2.45) is 0 Å². The van der Waals surface area contributed by atoms with E-state index in [1.165, 1.54) is 0 Å². The van der Waals surface area contributed by atoms with Gasteiger partial charge >= 0.3 is 5.97 Å². The smallest absolute Gasteiger partial charge is 0.344 e. The van der Waals surface area contributed by atoms with Gasteiger partial charge < -0.3 is 9.47 Å². The number of aryl methyl sites for hydroxylation is 3. The second kappa shape index (κ2) is 7.61. The normalized spacial score (nSPS) is 12.9. The molecule has 0 fully saturated rings. The van der Waals surface area contributed by atoms with Crippen LogP contribution in [-0.4, -0.2) is 42.4 Å². The van der Waals surface area contributed by atoms with Crippen LogP contribution in [0.2, 0.25) is 0 Å². The summed E-state index contributed by atoms with van der Waals surface area (Å²) in [7, 11) is 0. The first kappa shape index (κ1) is 18.6. The zero-order valence-corrected chi connectivity index (χ0v) is 15.6. The number of hydrogen-bond donors (Lipinski definition) is 0. The molecule has 1 aliphatic heterocycles. The Balaban J connectivity index is 1.50. The van der Waals surface area contributed by atoms with Crippen molar-refractivity contribution in [1.29, 1.82) is 0 Å². The van der Waals surface area contributed by atoms with E-state index in [0.717, 1.165) is 21.6 Å². The average molecular weight is 367 g/mol. The maximum absolute atomic E-state index is 12.2. The maximum atomic E-state index is 12.2. The molecule has 0 spiro atoms. The van der Waals surface area contributed by atoms with E-state index in [2.05, 4.69) is 0 Å². The van der Waals surface area contributed by atoms with Crippen LogP contribution in [0.1, 0.15) is 37.4 Å². The largest absolute Gasteiger partial charge is 0.481 e. The van der Waals surface area contributed by atoms with Gasteiger partial charge in [0.1, 0.15) is 12.4 Å². The van der Waals surface area contributed by atoms with E-state index in [-0.39, 0.29) is 31.6 Å². The Hall–Kier alpha value is -3.15. The van der Waals surface area contributed by atoms with Crippen LogP contribution in [0.15, 0.2) is 36.4 Å². The number of ether oxygens (including phenoxy) is 2. The van der Waals surface area contributed by atoms with Crippen molar-refractivity contribution < 1.29 is 23.9 Å². The minimum Gasteiger partial charge on any atom is -0.481 e. The molecular formula is C21H21NO5. The predicted octanol–water partition coefficient (Wildman–Crippen LogP) is 2.83. The lowest BCUT2D eigenvalue weighted by Gasteiger charge is -2.15. The van der Waals surface area contributed by atoms with Gasteiger partial charge in [0.25, 0.3) is 11.8 Å². The Labute approximate surface area is 157 Å². The molecule has 2 aromatic rings. The molecule has 0 saturated carbocycles. The lowest BCUT2D eigenvalue weighted by atomic mass is 10.1. The summed E-state index contributed by atoms with van der Waals surface area (Å²) in [6, 6.07) is 10.6. The van der Waals surface area contributed by atoms with Gasteiger partial charge in [-0.25, -0.2) is 4.79 Å². The average Bonchev–Trinajstić information content (AvgIpc) is 2.86. The van der Waals surface area contributed by atoms with E-state index in [4.69, 9.17) is 9.47 Å². The molecule has 0 radical (unpaired) electrons. The van der Waals surface area contributed by atoms with Crippen molar-refractivity contribution in [1.82, 2.24) is 4.90 Å². The molecule has 1 aliphatic rings. The third-order valence-electron chi connectivity index (χ3n) is 4.40. The standard InChI is InChI=1S/C21H21NO5/c1-13-10-14(2)19(15(3)11-13)27-12-18(23)26-9-8-22-20(24)16-6-4-5-7-17(16)21(22)25/h4-7,10-11H,8-9,12H2,1-3H3. The zero-order chi connectivity index (χ0) is 19.6. The van der Waals surface area contributed by atoms with E-state index in [0.29, 0.717) is 16.9 Å². The quantitative estimate of drug-likeness (QED) is 0.580. The van der Waals surface area contributed by atoms with Gasteiger partial charge in [0.05, 0.1) is 17.7 Å². The Morgan fingerprint density at radius 1 is 0.963 bits per heavy atom. The van der Waals surface area contributed by atoms with Crippen LogP contribution >= 0.6 is 0 Å². The van der Waals surface area contributed by atoms with Crippen molar-refractivity contribution in [3.05, 3.63) is 64.2 Å². The Bertz CT molecular complexity index is 861. The highest BCUT2D eigenvalue weighted by Gasteiger charge is 2.34. The number of carbonyl (C=O) groups excluding carboxylic acids is 3. The fourth-order valence-electron chi connectivity index (χ4n) is 3.26. The molecule has 0 aromatic heterocycles. The highest BCUT2D eigenvalue weighted by atomic mass is 16.6. The summed E-state index contributed by atoms with van der Waals surface area (Å²) in [5, 5.41) is 0. The first-order valence-electron chi connectivity index (χ1n) is 8.70. The molecule has 1 heterocycles. The van der Waals surface area contributed by atoms with Crippen LogP contribution < -0.4 is 4.74 Å². The van der Waals surface area contributed by atoms with Gasteiger partial charge in [-0.1, -0.05) is 29.8 Å². The summed E-state index contributed by atoms with van der Waals surface area (Å²) < 4.78 is 10.7. The van der Waals surface area contributed by atoms with Gasteiger partial charge in [0, 0.05) is 0 Å². The van der Waals surface area contributed by atoms with Crippen molar-refractivity contribution in [2.75, 3.05) is 19.8 Å². The lowest BCUT2D eigenvalue weighted by Crippen LogP contribution is -2.34. The molecular weight excluding hydrogens is 346 g/mol. The summed E-state index contributed by atoms with van der Waals surface area (Å²) >= 11 is 0. The molecule has 140 valence electrons. The van der Waals surface area contributed by atoms with Crippen LogP contribution in [-0.2, 0) is 9.53 Å². The molecule has 0 atom stereocenters. The summed E-state index contributed by atoms with van der Waals surface area (Å²) in [5.74, 6) is -0.619. The highest BCUT2D eigenvalue weighted by Crippen LogP contribution is 2.24. The second-order valence-electron chi connectivity index (χ2n) is 6.54. The Morgan fingerprint density at radius 2 is 1.52 bits per heavy atom. The molecule has 27 heavy (non-hydrogen) atoms. The number of amides is 2. The molecule has 6 nitrogen and oxygen atoms in total. The van der Waals surface area contributed by atoms with Gasteiger partial charge in [-0.15, -0.1) is 0 Å². The van der Waals surface area contributed by atoms with Crippen LogP contribution in [0.25, 0.3) is 0 Å². The van der Waals surface area contributed by atoms with Crippen molar-refractivity contribution in [3.8, 4) is 5.75 Å². The first-order valence-corrected chi connectivity index (χ1v) is 8.70. The number of esters is 1. The molecule has 0 bridgehead atoms. The summed E-state index contributed by atoms with van der Waals surface area (Å²) in [4.78, 5) is 37.5. The maximum Gasteiger partial charge on any atom is 0.344 e. The highest BCUT2D eigenvalue weighted by molar-refractivity contribution is 6.21. The minimum absolute atomic E-state index is 0.0146. The van der Waals surface area contributed by atoms with E-state index < -0.39 is 5.97 Å². The van der Waals surface area contributed by atoms with Crippen LogP contribution in [0.4, 0.5) is 0 Å². The molecule has 0 unspecified atom stereocenters. The fourth-order valence-corrected chi connectivity index (χ4v) is 3.26. The van der Waals surface area contributed by atoms with Crippen molar-refractivity contribution in [3.63, 3.8) is 0 Å². The molecule has 0 aliphatic carbocycles. The van der Waals surface area contributed by atoms with Crippen molar-refractivity contribution in [2.45, 2.75) is 20.8 Å². The third-order valence-corrected chi connectivity index (χ3v) is 4.40. The Morgan fingerprint density at radius 3 is 2.07 bits per heavy atom. The van der Waals surface area contributed by atoms with Crippen LogP contribution in [0.3, 0.4) is 0 Å². The van der Waals surface area contributed by atoms with Gasteiger partial charge in [-0.2, -0.15) is 0 Å². The topological polar surface area (TPSA) is 72.9 Å². The number of carbonyl (C=O) groups is 3. The number of imide groups is 1. The summed E-state index contributed by atoms with van der Waals surface area (Å²) in [5.41, 5.74) is 3.78. The van der Waals surface area contributed by atoms with Gasteiger partial charge in [0.15, 0.2) is 6.61 Å². The summed E-state index contributed by atoms with van der Waals surface area (Å²) in [6.07, 6.45) is 0. The first-order chi connectivity index (χ1) is 12.9. The van der Waals surface area contributed by atoms with E-state index >= 15 is 0 Å². The number of benzene rings is 2. The minimum atomic E-state index is -0.550. The third kappa shape index (κ3) is 3.84. The lowest BCUT2D eigenvalue weighted by molar-refractivity contribution is -0.146. The molecule has 0 N–H and O–H groups in total. The van der Waals surface area contributed by atoms with Gasteiger partial charge in [-0.3, -0.25) is 14.5 Å². The number of rotatable bonds is 6. The molecule has 0 saturated heterocycles. The number of nitrogens with zero attached hydrogens (tertiary/aromatic N) is 1. The molecule has 3 rings (SSSR count). The zero-order valence-electron chi connectivity index (χ0n) is 15.6. The van der Waals surface area contributed by atoms with E-state index in [1.807, 2.05) is 32.9 Å². The van der Waals surface area contributed by atoms with E-state index in [9.17, 15) is 14.4 Å². The second-order valence-corrected chi connectivity index (χ2v) is 6.54.